The Kier molecular flexibility index (Phi) is 8.26. The van der Waals surface area contributed by atoms with Gasteiger partial charge < -0.3 is 21.3 Å². The lowest BCUT2D eigenvalue weighted by atomic mass is 10.1. The van der Waals surface area contributed by atoms with Crippen molar-refractivity contribution >= 4 is 28.9 Å². The number of benzene rings is 2. The zero-order valence-electron chi connectivity index (χ0n) is 22.6. The van der Waals surface area contributed by atoms with Crippen LogP contribution >= 0.6 is 0 Å². The highest BCUT2D eigenvalue weighted by atomic mass is 19.4. The molecule has 0 atom stereocenters. The third-order valence-electron chi connectivity index (χ3n) is 6.40. The van der Waals surface area contributed by atoms with Gasteiger partial charge in [-0.2, -0.15) is 36.1 Å². The summed E-state index contributed by atoms with van der Waals surface area (Å²) in [6, 6.07) is 12.5. The molecule has 1 saturated carbocycles. The predicted molar refractivity (Wildman–Crippen MR) is 147 cm³/mol. The first-order valence-corrected chi connectivity index (χ1v) is 13.2. The first-order valence-electron chi connectivity index (χ1n) is 13.2. The molecule has 2 heterocycles. The third kappa shape index (κ3) is 8.00. The zero-order valence-corrected chi connectivity index (χ0v) is 22.6. The number of nitrogens with zero attached hydrogens (tertiary/aromatic N) is 4. The van der Waals surface area contributed by atoms with E-state index in [4.69, 9.17) is 0 Å². The predicted octanol–water partition coefficient (Wildman–Crippen LogP) is 6.21. The lowest BCUT2D eigenvalue weighted by Crippen LogP contribution is -2.28. The number of aryl methyl sites for hydroxylation is 1. The van der Waals surface area contributed by atoms with Gasteiger partial charge in [0.15, 0.2) is 5.82 Å². The van der Waals surface area contributed by atoms with E-state index >= 15 is 0 Å². The molecule has 0 spiro atoms. The van der Waals surface area contributed by atoms with Crippen LogP contribution in [0.3, 0.4) is 0 Å². The quantitative estimate of drug-likeness (QED) is 0.159. The molecule has 2 aromatic carbocycles. The Balaban J connectivity index is 1.40. The molecule has 9 nitrogen and oxygen atoms in total. The second kappa shape index (κ2) is 11.9. The van der Waals surface area contributed by atoms with Gasteiger partial charge >= 0.3 is 12.4 Å². The highest BCUT2D eigenvalue weighted by molar-refractivity contribution is 6.04. The fourth-order valence-corrected chi connectivity index (χ4v) is 4.10. The smallest absolute Gasteiger partial charge is 0.367 e. The van der Waals surface area contributed by atoms with E-state index in [0.717, 1.165) is 36.6 Å². The van der Waals surface area contributed by atoms with E-state index in [2.05, 4.69) is 36.3 Å². The average molecular weight is 605 g/mol. The normalized spacial score (nSPS) is 13.6. The summed E-state index contributed by atoms with van der Waals surface area (Å²) in [5.74, 6) is 0.556. The molecule has 4 N–H and O–H groups in total. The molecule has 0 unspecified atom stereocenters. The SMILES string of the molecule is Cc1ccc(NC(=O)c2cccc(C(F)(F)F)c2)cc1Nc1cc(CNCC(F)(F)F)nn1-c1cc(NC2CC2)ncn1. The Morgan fingerprint density at radius 2 is 1.79 bits per heavy atom. The number of hydrogen-bond donors (Lipinski definition) is 4. The molecule has 1 aliphatic carbocycles. The summed E-state index contributed by atoms with van der Waals surface area (Å²) in [6.45, 7) is 0.416. The maximum absolute atomic E-state index is 13.1. The standard InChI is InChI=1S/C28H26F6N8O/c1-16-5-6-20(39-26(43)17-3-2-4-18(9-17)28(32,33)34)10-22(16)40-25-11-21(13-35-14-27(29,30)31)41-42(25)24-12-23(36-15-37-24)38-19-7-8-19/h2-6,9-12,15,19,35,40H,7-8,13-14H2,1H3,(H,39,43)(H,36,37,38). The van der Waals surface area contributed by atoms with E-state index in [1.54, 1.807) is 37.3 Å². The number of hydrogen-bond acceptors (Lipinski definition) is 7. The molecule has 226 valence electrons. The molecule has 0 saturated heterocycles. The van der Waals surface area contributed by atoms with Crippen LogP contribution in [0, 0.1) is 6.92 Å². The van der Waals surface area contributed by atoms with Gasteiger partial charge in [-0.3, -0.25) is 4.79 Å². The van der Waals surface area contributed by atoms with Crippen molar-refractivity contribution in [1.29, 1.82) is 0 Å². The van der Waals surface area contributed by atoms with Gasteiger partial charge in [0.25, 0.3) is 5.91 Å². The third-order valence-corrected chi connectivity index (χ3v) is 6.40. The molecule has 0 radical (unpaired) electrons. The fraction of sp³-hybridized carbons (Fsp3) is 0.286. The molecule has 0 aliphatic heterocycles. The average Bonchev–Trinajstić information content (AvgIpc) is 3.67. The van der Waals surface area contributed by atoms with Crippen molar-refractivity contribution in [2.24, 2.45) is 0 Å². The number of rotatable bonds is 10. The Bertz CT molecular complexity index is 1610. The number of aromatic nitrogens is 4. The zero-order chi connectivity index (χ0) is 30.8. The lowest BCUT2D eigenvalue weighted by molar-refractivity contribution is -0.137. The summed E-state index contributed by atoms with van der Waals surface area (Å²) in [7, 11) is 0. The minimum atomic E-state index is -4.60. The number of carbonyl (C=O) groups excluding carboxylic acids is 1. The summed E-state index contributed by atoms with van der Waals surface area (Å²) < 4.78 is 78.8. The van der Waals surface area contributed by atoms with E-state index in [1.807, 2.05) is 0 Å². The van der Waals surface area contributed by atoms with Crippen LogP contribution in [0.5, 0.6) is 0 Å². The molecule has 1 fully saturated rings. The Morgan fingerprint density at radius 3 is 2.51 bits per heavy atom. The number of halogens is 6. The minimum Gasteiger partial charge on any atom is -0.367 e. The topological polar surface area (TPSA) is 109 Å². The summed E-state index contributed by atoms with van der Waals surface area (Å²) in [5.41, 5.74) is 0.725. The summed E-state index contributed by atoms with van der Waals surface area (Å²) in [6.07, 6.45) is -5.61. The van der Waals surface area contributed by atoms with Crippen molar-refractivity contribution in [2.45, 2.75) is 44.7 Å². The highest BCUT2D eigenvalue weighted by Crippen LogP contribution is 2.31. The molecule has 2 aromatic heterocycles. The van der Waals surface area contributed by atoms with Crippen LogP contribution in [0.4, 0.5) is 49.4 Å². The van der Waals surface area contributed by atoms with Crippen molar-refractivity contribution in [3.05, 3.63) is 83.3 Å². The van der Waals surface area contributed by atoms with Crippen LogP contribution in [-0.2, 0) is 12.7 Å². The van der Waals surface area contributed by atoms with Crippen LogP contribution < -0.4 is 21.3 Å². The molecule has 1 aliphatic rings. The fourth-order valence-electron chi connectivity index (χ4n) is 4.10. The van der Waals surface area contributed by atoms with Gasteiger partial charge in [0.05, 0.1) is 17.8 Å². The molecule has 15 heteroatoms. The first-order chi connectivity index (χ1) is 20.3. The maximum Gasteiger partial charge on any atom is 0.416 e. The largest absolute Gasteiger partial charge is 0.416 e. The van der Waals surface area contributed by atoms with Crippen molar-refractivity contribution in [3.63, 3.8) is 0 Å². The molecular formula is C28H26F6N8O. The van der Waals surface area contributed by atoms with Crippen molar-refractivity contribution in [1.82, 2.24) is 25.1 Å². The lowest BCUT2D eigenvalue weighted by Gasteiger charge is -2.14. The monoisotopic (exact) mass is 604 g/mol. The Hall–Kier alpha value is -4.66. The molecule has 5 rings (SSSR count). The van der Waals surface area contributed by atoms with Crippen molar-refractivity contribution in [3.8, 4) is 5.82 Å². The van der Waals surface area contributed by atoms with Crippen LogP contribution in [0.2, 0.25) is 0 Å². The van der Waals surface area contributed by atoms with Crippen LogP contribution in [0.1, 0.15) is 40.0 Å². The molecule has 43 heavy (non-hydrogen) atoms. The van der Waals surface area contributed by atoms with E-state index < -0.39 is 30.4 Å². The number of alkyl halides is 6. The van der Waals surface area contributed by atoms with Crippen LogP contribution in [0.15, 0.2) is 60.9 Å². The number of amides is 1. The van der Waals surface area contributed by atoms with E-state index in [1.165, 1.54) is 17.1 Å². The summed E-state index contributed by atoms with van der Waals surface area (Å²) >= 11 is 0. The number of nitrogens with one attached hydrogen (secondary N) is 4. The second-order valence-corrected chi connectivity index (χ2v) is 10.0. The second-order valence-electron chi connectivity index (χ2n) is 10.0. The maximum atomic E-state index is 13.1. The van der Waals surface area contributed by atoms with Gasteiger partial charge in [0, 0.05) is 41.7 Å². The van der Waals surface area contributed by atoms with E-state index in [9.17, 15) is 31.1 Å². The van der Waals surface area contributed by atoms with Crippen molar-refractivity contribution in [2.75, 3.05) is 22.5 Å². The Labute approximate surface area is 241 Å². The van der Waals surface area contributed by atoms with E-state index in [-0.39, 0.29) is 12.1 Å². The number of carbonyl (C=O) groups is 1. The minimum absolute atomic E-state index is 0.168. The Morgan fingerprint density at radius 1 is 1.00 bits per heavy atom. The van der Waals surface area contributed by atoms with Gasteiger partial charge in [0.2, 0.25) is 0 Å². The van der Waals surface area contributed by atoms with E-state index in [0.29, 0.717) is 40.6 Å². The number of anilines is 4. The first kappa shape index (κ1) is 29.8. The van der Waals surface area contributed by atoms with Gasteiger partial charge in [0.1, 0.15) is 18.0 Å². The van der Waals surface area contributed by atoms with Gasteiger partial charge in [-0.15, -0.1) is 0 Å². The van der Waals surface area contributed by atoms with Crippen LogP contribution in [0.25, 0.3) is 5.82 Å². The molecule has 1 amide bonds. The van der Waals surface area contributed by atoms with Gasteiger partial charge in [-0.25, -0.2) is 9.97 Å². The summed E-state index contributed by atoms with van der Waals surface area (Å²) in [4.78, 5) is 21.3. The van der Waals surface area contributed by atoms with Gasteiger partial charge in [-0.1, -0.05) is 12.1 Å². The molecular weight excluding hydrogens is 578 g/mol. The molecule has 4 aromatic rings. The molecule has 0 bridgehead atoms. The summed E-state index contributed by atoms with van der Waals surface area (Å²) in [5, 5.41) is 15.8. The van der Waals surface area contributed by atoms with Crippen molar-refractivity contribution < 1.29 is 31.1 Å². The van der Waals surface area contributed by atoms with Gasteiger partial charge in [-0.05, 0) is 55.7 Å². The highest BCUT2D eigenvalue weighted by Gasteiger charge is 2.31. The van der Waals surface area contributed by atoms with Crippen LogP contribution in [-0.4, -0.2) is 44.4 Å².